The predicted molar refractivity (Wildman–Crippen MR) is 75.7 cm³/mol. The number of anilines is 3. The van der Waals surface area contributed by atoms with E-state index in [1.54, 1.807) is 0 Å². The number of hydrogen-bond donors (Lipinski definition) is 3. The lowest BCUT2D eigenvalue weighted by Crippen LogP contribution is -2.39. The van der Waals surface area contributed by atoms with Gasteiger partial charge in [-0.1, -0.05) is 26.7 Å². The van der Waals surface area contributed by atoms with Crippen LogP contribution in [-0.2, 0) is 0 Å². The zero-order chi connectivity index (χ0) is 13.2. The summed E-state index contributed by atoms with van der Waals surface area (Å²) in [6.07, 6.45) is 5.04. The fraction of sp³-hybridized carbons (Fsp3) is 0.692. The highest BCUT2D eigenvalue weighted by atomic mass is 15.1. The van der Waals surface area contributed by atoms with Crippen LogP contribution in [0, 0.1) is 5.41 Å². The van der Waals surface area contributed by atoms with Gasteiger partial charge in [0.05, 0.1) is 0 Å². The first-order valence-electron chi connectivity index (χ1n) is 6.60. The Morgan fingerprint density at radius 2 is 2.00 bits per heavy atom. The van der Waals surface area contributed by atoms with Gasteiger partial charge in [0, 0.05) is 19.2 Å². The monoisotopic (exact) mass is 249 g/mol. The van der Waals surface area contributed by atoms with Gasteiger partial charge in [-0.2, -0.15) is 9.97 Å². The summed E-state index contributed by atoms with van der Waals surface area (Å²) in [5, 5.41) is 6.51. The molecule has 1 saturated carbocycles. The van der Waals surface area contributed by atoms with E-state index in [2.05, 4.69) is 34.4 Å². The molecule has 0 radical (unpaired) electrons. The fourth-order valence-corrected chi connectivity index (χ4v) is 2.61. The molecule has 1 heterocycles. The Labute approximate surface area is 109 Å². The predicted octanol–water partition coefficient (Wildman–Crippen LogP) is 2.48. The van der Waals surface area contributed by atoms with Gasteiger partial charge in [-0.25, -0.2) is 0 Å². The molecule has 0 aliphatic heterocycles. The Hall–Kier alpha value is -1.52. The maximum Gasteiger partial charge on any atom is 0.223 e. The van der Waals surface area contributed by atoms with Crippen molar-refractivity contribution in [2.75, 3.05) is 23.4 Å². The molecule has 100 valence electrons. The van der Waals surface area contributed by atoms with Crippen LogP contribution in [-0.4, -0.2) is 23.1 Å². The maximum atomic E-state index is 5.71. The van der Waals surface area contributed by atoms with Crippen molar-refractivity contribution in [2.24, 2.45) is 5.41 Å². The Morgan fingerprint density at radius 3 is 2.67 bits per heavy atom. The first-order valence-corrected chi connectivity index (χ1v) is 6.60. The van der Waals surface area contributed by atoms with E-state index in [0.717, 1.165) is 11.6 Å². The van der Waals surface area contributed by atoms with E-state index in [1.165, 1.54) is 25.7 Å². The van der Waals surface area contributed by atoms with Crippen molar-refractivity contribution < 1.29 is 0 Å². The minimum Gasteiger partial charge on any atom is -0.373 e. The van der Waals surface area contributed by atoms with Gasteiger partial charge in [0.1, 0.15) is 11.6 Å². The third-order valence-electron chi connectivity index (χ3n) is 3.83. The molecule has 0 spiro atoms. The van der Waals surface area contributed by atoms with E-state index < -0.39 is 0 Å². The lowest BCUT2D eigenvalue weighted by Gasteiger charge is -2.39. The summed E-state index contributed by atoms with van der Waals surface area (Å²) in [5.41, 5.74) is 6.01. The van der Waals surface area contributed by atoms with Crippen molar-refractivity contribution in [3.05, 3.63) is 6.07 Å². The zero-order valence-corrected chi connectivity index (χ0v) is 11.5. The van der Waals surface area contributed by atoms with Crippen LogP contribution in [0.1, 0.15) is 39.5 Å². The molecule has 1 aliphatic carbocycles. The molecular weight excluding hydrogens is 226 g/mol. The van der Waals surface area contributed by atoms with Crippen LogP contribution in [0.5, 0.6) is 0 Å². The van der Waals surface area contributed by atoms with Crippen molar-refractivity contribution >= 4 is 17.6 Å². The highest BCUT2D eigenvalue weighted by molar-refractivity contribution is 5.51. The summed E-state index contributed by atoms with van der Waals surface area (Å²) >= 11 is 0. The molecule has 0 saturated heterocycles. The standard InChI is InChI=1S/C13H23N5/c1-13(2)7-5-4-6-9(13)16-11-8-10(15-3)17-12(14)18-11/h8-9H,4-7H2,1-3H3,(H4,14,15,16,17,18). The average Bonchev–Trinajstić information content (AvgIpc) is 2.31. The summed E-state index contributed by atoms with van der Waals surface area (Å²) in [6, 6.07) is 2.35. The van der Waals surface area contributed by atoms with Crippen molar-refractivity contribution in [1.82, 2.24) is 9.97 Å². The van der Waals surface area contributed by atoms with Gasteiger partial charge in [0.25, 0.3) is 0 Å². The summed E-state index contributed by atoms with van der Waals surface area (Å²) in [5.74, 6) is 1.86. The minimum absolute atomic E-state index is 0.303. The van der Waals surface area contributed by atoms with Gasteiger partial charge >= 0.3 is 0 Å². The molecule has 1 atom stereocenters. The van der Waals surface area contributed by atoms with Crippen LogP contribution >= 0.6 is 0 Å². The van der Waals surface area contributed by atoms with E-state index in [9.17, 15) is 0 Å². The van der Waals surface area contributed by atoms with Crippen LogP contribution in [0.4, 0.5) is 17.6 Å². The second-order valence-electron chi connectivity index (χ2n) is 5.68. The molecule has 4 N–H and O–H groups in total. The van der Waals surface area contributed by atoms with Gasteiger partial charge in [-0.3, -0.25) is 0 Å². The number of rotatable bonds is 3. The quantitative estimate of drug-likeness (QED) is 0.767. The lowest BCUT2D eigenvalue weighted by atomic mass is 9.73. The zero-order valence-electron chi connectivity index (χ0n) is 11.5. The average molecular weight is 249 g/mol. The Balaban J connectivity index is 2.15. The van der Waals surface area contributed by atoms with Crippen molar-refractivity contribution in [2.45, 2.75) is 45.6 Å². The molecule has 5 nitrogen and oxygen atoms in total. The first-order chi connectivity index (χ1) is 8.51. The third-order valence-corrected chi connectivity index (χ3v) is 3.83. The SMILES string of the molecule is CNc1cc(NC2CCCCC2(C)C)nc(N)n1. The molecule has 0 bridgehead atoms. The Morgan fingerprint density at radius 1 is 1.28 bits per heavy atom. The van der Waals surface area contributed by atoms with Crippen LogP contribution in [0.3, 0.4) is 0 Å². The number of hydrogen-bond acceptors (Lipinski definition) is 5. The van der Waals surface area contributed by atoms with Gasteiger partial charge in [-0.15, -0.1) is 0 Å². The van der Waals surface area contributed by atoms with E-state index in [1.807, 2.05) is 13.1 Å². The molecule has 1 fully saturated rings. The molecule has 2 rings (SSSR count). The largest absolute Gasteiger partial charge is 0.373 e. The summed E-state index contributed by atoms with van der Waals surface area (Å²) in [7, 11) is 1.83. The topological polar surface area (TPSA) is 75.9 Å². The van der Waals surface area contributed by atoms with E-state index in [4.69, 9.17) is 5.73 Å². The molecule has 1 aromatic rings. The van der Waals surface area contributed by atoms with Crippen molar-refractivity contribution in [1.29, 1.82) is 0 Å². The van der Waals surface area contributed by atoms with Crippen LogP contribution in [0.2, 0.25) is 0 Å². The number of nitrogens with one attached hydrogen (secondary N) is 2. The minimum atomic E-state index is 0.303. The van der Waals surface area contributed by atoms with E-state index in [0.29, 0.717) is 17.4 Å². The van der Waals surface area contributed by atoms with Gasteiger partial charge in [-0.05, 0) is 18.3 Å². The lowest BCUT2D eigenvalue weighted by molar-refractivity contribution is 0.216. The molecule has 18 heavy (non-hydrogen) atoms. The van der Waals surface area contributed by atoms with Gasteiger partial charge in [0.2, 0.25) is 5.95 Å². The second kappa shape index (κ2) is 5.00. The fourth-order valence-electron chi connectivity index (χ4n) is 2.61. The second-order valence-corrected chi connectivity index (χ2v) is 5.68. The number of nitrogens with zero attached hydrogens (tertiary/aromatic N) is 2. The molecule has 1 aromatic heterocycles. The summed E-state index contributed by atoms with van der Waals surface area (Å²) < 4.78 is 0. The molecule has 0 aromatic carbocycles. The maximum absolute atomic E-state index is 5.71. The summed E-state index contributed by atoms with van der Waals surface area (Å²) in [4.78, 5) is 8.35. The molecule has 1 unspecified atom stereocenters. The smallest absolute Gasteiger partial charge is 0.223 e. The van der Waals surface area contributed by atoms with E-state index in [-0.39, 0.29) is 0 Å². The Bertz CT molecular complexity index is 416. The van der Waals surface area contributed by atoms with E-state index >= 15 is 0 Å². The van der Waals surface area contributed by atoms with Gasteiger partial charge in [0.15, 0.2) is 0 Å². The normalized spacial score (nSPS) is 22.5. The molecule has 0 amide bonds. The van der Waals surface area contributed by atoms with Gasteiger partial charge < -0.3 is 16.4 Å². The Kier molecular flexibility index (Phi) is 3.59. The highest BCUT2D eigenvalue weighted by Gasteiger charge is 2.32. The highest BCUT2D eigenvalue weighted by Crippen LogP contribution is 2.37. The summed E-state index contributed by atoms with van der Waals surface area (Å²) in [6.45, 7) is 4.63. The van der Waals surface area contributed by atoms with Crippen LogP contribution in [0.15, 0.2) is 6.07 Å². The first kappa shape index (κ1) is 12.9. The van der Waals surface area contributed by atoms with Crippen molar-refractivity contribution in [3.8, 4) is 0 Å². The van der Waals surface area contributed by atoms with Crippen LogP contribution < -0.4 is 16.4 Å². The third kappa shape index (κ3) is 2.83. The van der Waals surface area contributed by atoms with Crippen molar-refractivity contribution in [3.63, 3.8) is 0 Å². The molecular formula is C13H23N5. The number of nitrogen functional groups attached to an aromatic ring is 1. The van der Waals surface area contributed by atoms with Crippen LogP contribution in [0.25, 0.3) is 0 Å². The molecule has 5 heteroatoms. The molecule has 1 aliphatic rings. The number of nitrogens with two attached hydrogens (primary N) is 1. The number of aromatic nitrogens is 2.